The Balaban J connectivity index is 1.57. The summed E-state index contributed by atoms with van der Waals surface area (Å²) in [5, 5.41) is 1.98. The Morgan fingerprint density at radius 2 is 1.95 bits per heavy atom. The molecule has 3 heterocycles. The molecule has 0 aliphatic carbocycles. The van der Waals surface area contributed by atoms with Crippen molar-refractivity contribution in [2.45, 2.75) is 12.8 Å². The Morgan fingerprint density at radius 3 is 2.68 bits per heavy atom. The molecule has 1 aliphatic heterocycles. The van der Waals surface area contributed by atoms with Crippen LogP contribution in [0.4, 0.5) is 0 Å². The molecular formula is C16H18N2O3S. The van der Waals surface area contributed by atoms with E-state index in [2.05, 4.69) is 0 Å². The van der Waals surface area contributed by atoms with Gasteiger partial charge in [0.25, 0.3) is 5.91 Å². The first-order valence-corrected chi connectivity index (χ1v) is 8.23. The summed E-state index contributed by atoms with van der Waals surface area (Å²) in [5.41, 5.74) is 0.568. The quantitative estimate of drug-likeness (QED) is 0.872. The zero-order chi connectivity index (χ0) is 15.4. The van der Waals surface area contributed by atoms with Gasteiger partial charge in [-0.25, -0.2) is 0 Å². The number of rotatable bonds is 3. The van der Waals surface area contributed by atoms with E-state index in [1.165, 1.54) is 12.5 Å². The van der Waals surface area contributed by atoms with Gasteiger partial charge in [0.2, 0.25) is 5.91 Å². The van der Waals surface area contributed by atoms with Gasteiger partial charge in [0.1, 0.15) is 6.26 Å². The van der Waals surface area contributed by atoms with E-state index in [0.717, 1.165) is 11.3 Å². The van der Waals surface area contributed by atoms with Crippen molar-refractivity contribution in [1.29, 1.82) is 0 Å². The third-order valence-electron chi connectivity index (χ3n) is 3.81. The van der Waals surface area contributed by atoms with Gasteiger partial charge in [0.15, 0.2) is 0 Å². The minimum absolute atomic E-state index is 0.0266. The van der Waals surface area contributed by atoms with Gasteiger partial charge in [-0.1, -0.05) is 6.07 Å². The highest BCUT2D eigenvalue weighted by atomic mass is 32.1. The summed E-state index contributed by atoms with van der Waals surface area (Å²) in [5.74, 6) is 0.112. The Hall–Kier alpha value is -2.08. The van der Waals surface area contributed by atoms with Gasteiger partial charge in [0, 0.05) is 31.1 Å². The standard InChI is InChI=1S/C16H18N2O3S/c19-15(11-14-3-1-10-22-14)17-5-2-6-18(8-7-17)16(20)13-4-9-21-12-13/h1,3-4,9-10,12H,2,5-8,11H2. The van der Waals surface area contributed by atoms with Crippen molar-refractivity contribution in [2.24, 2.45) is 0 Å². The topological polar surface area (TPSA) is 53.8 Å². The van der Waals surface area contributed by atoms with Crippen LogP contribution in [0.15, 0.2) is 40.5 Å². The molecule has 0 N–H and O–H groups in total. The van der Waals surface area contributed by atoms with Crippen LogP contribution in [0.1, 0.15) is 21.7 Å². The zero-order valence-electron chi connectivity index (χ0n) is 12.2. The van der Waals surface area contributed by atoms with Crippen molar-refractivity contribution in [1.82, 2.24) is 9.80 Å². The van der Waals surface area contributed by atoms with E-state index in [-0.39, 0.29) is 11.8 Å². The highest BCUT2D eigenvalue weighted by Crippen LogP contribution is 2.13. The fraction of sp³-hybridized carbons (Fsp3) is 0.375. The molecule has 1 saturated heterocycles. The first-order chi connectivity index (χ1) is 10.7. The predicted octanol–water partition coefficient (Wildman–Crippen LogP) is 2.26. The number of carbonyl (C=O) groups is 2. The van der Waals surface area contributed by atoms with Crippen LogP contribution in [-0.2, 0) is 11.2 Å². The number of furan rings is 1. The van der Waals surface area contributed by atoms with Gasteiger partial charge >= 0.3 is 0 Å². The molecule has 116 valence electrons. The predicted molar refractivity (Wildman–Crippen MR) is 83.8 cm³/mol. The van der Waals surface area contributed by atoms with Gasteiger partial charge in [-0.15, -0.1) is 11.3 Å². The molecule has 2 amide bonds. The smallest absolute Gasteiger partial charge is 0.257 e. The number of hydrogen-bond acceptors (Lipinski definition) is 4. The molecule has 0 spiro atoms. The third-order valence-corrected chi connectivity index (χ3v) is 4.69. The van der Waals surface area contributed by atoms with E-state index in [0.29, 0.717) is 38.2 Å². The molecule has 5 nitrogen and oxygen atoms in total. The summed E-state index contributed by atoms with van der Waals surface area (Å²) < 4.78 is 4.96. The average Bonchev–Trinajstić information content (AvgIpc) is 3.16. The van der Waals surface area contributed by atoms with Crippen molar-refractivity contribution in [2.75, 3.05) is 26.2 Å². The van der Waals surface area contributed by atoms with Gasteiger partial charge in [-0.3, -0.25) is 9.59 Å². The Bertz CT molecular complexity index is 622. The van der Waals surface area contributed by atoms with Crippen LogP contribution in [0, 0.1) is 0 Å². The van der Waals surface area contributed by atoms with Crippen LogP contribution >= 0.6 is 11.3 Å². The van der Waals surface area contributed by atoms with E-state index in [4.69, 9.17) is 4.42 Å². The lowest BCUT2D eigenvalue weighted by molar-refractivity contribution is -0.130. The van der Waals surface area contributed by atoms with Gasteiger partial charge in [-0.2, -0.15) is 0 Å². The molecule has 0 bridgehead atoms. The number of amides is 2. The first kappa shape index (κ1) is 14.8. The van der Waals surface area contributed by atoms with E-state index in [9.17, 15) is 9.59 Å². The summed E-state index contributed by atoms with van der Waals surface area (Å²) in [4.78, 5) is 29.4. The Labute approximate surface area is 133 Å². The van der Waals surface area contributed by atoms with Gasteiger partial charge in [0.05, 0.1) is 18.2 Å². The summed E-state index contributed by atoms with van der Waals surface area (Å²) in [6.07, 6.45) is 4.22. The molecular weight excluding hydrogens is 300 g/mol. The van der Waals surface area contributed by atoms with E-state index < -0.39 is 0 Å². The number of hydrogen-bond donors (Lipinski definition) is 0. The van der Waals surface area contributed by atoms with Crippen LogP contribution in [0.25, 0.3) is 0 Å². The normalized spacial score (nSPS) is 15.6. The molecule has 2 aromatic heterocycles. The number of nitrogens with zero attached hydrogens (tertiary/aromatic N) is 2. The van der Waals surface area contributed by atoms with Crippen LogP contribution < -0.4 is 0 Å². The molecule has 1 aliphatic rings. The van der Waals surface area contributed by atoms with Crippen molar-refractivity contribution < 1.29 is 14.0 Å². The molecule has 3 rings (SSSR count). The van der Waals surface area contributed by atoms with E-state index >= 15 is 0 Å². The number of thiophene rings is 1. The summed E-state index contributed by atoms with van der Waals surface area (Å²) >= 11 is 1.60. The van der Waals surface area contributed by atoms with Crippen LogP contribution in [0.2, 0.25) is 0 Å². The zero-order valence-corrected chi connectivity index (χ0v) is 13.1. The highest BCUT2D eigenvalue weighted by Gasteiger charge is 2.23. The van der Waals surface area contributed by atoms with Crippen molar-refractivity contribution >= 4 is 23.2 Å². The second-order valence-electron chi connectivity index (χ2n) is 5.29. The molecule has 0 saturated carbocycles. The summed E-state index contributed by atoms with van der Waals surface area (Å²) in [6, 6.07) is 5.61. The Morgan fingerprint density at radius 1 is 1.14 bits per heavy atom. The molecule has 0 atom stereocenters. The van der Waals surface area contributed by atoms with Crippen LogP contribution in [-0.4, -0.2) is 47.8 Å². The summed E-state index contributed by atoms with van der Waals surface area (Å²) in [6.45, 7) is 2.54. The van der Waals surface area contributed by atoms with Crippen molar-refractivity contribution in [3.63, 3.8) is 0 Å². The SMILES string of the molecule is O=C(Cc1cccs1)N1CCCN(C(=O)c2ccoc2)CC1. The number of carbonyl (C=O) groups excluding carboxylic acids is 2. The average molecular weight is 318 g/mol. The lowest BCUT2D eigenvalue weighted by Crippen LogP contribution is -2.37. The maximum atomic E-state index is 12.3. The lowest BCUT2D eigenvalue weighted by atomic mass is 10.3. The van der Waals surface area contributed by atoms with Crippen molar-refractivity contribution in [3.8, 4) is 0 Å². The van der Waals surface area contributed by atoms with Crippen LogP contribution in [0.5, 0.6) is 0 Å². The lowest BCUT2D eigenvalue weighted by Gasteiger charge is -2.21. The van der Waals surface area contributed by atoms with Crippen molar-refractivity contribution in [3.05, 3.63) is 46.5 Å². The Kier molecular flexibility index (Phi) is 4.58. The third kappa shape index (κ3) is 3.39. The maximum Gasteiger partial charge on any atom is 0.257 e. The molecule has 6 heteroatoms. The van der Waals surface area contributed by atoms with Gasteiger partial charge in [-0.05, 0) is 23.9 Å². The molecule has 1 fully saturated rings. The molecule has 0 radical (unpaired) electrons. The minimum atomic E-state index is -0.0266. The van der Waals surface area contributed by atoms with E-state index in [1.54, 1.807) is 22.3 Å². The fourth-order valence-corrected chi connectivity index (χ4v) is 3.31. The molecule has 0 aromatic carbocycles. The molecule has 2 aromatic rings. The highest BCUT2D eigenvalue weighted by molar-refractivity contribution is 7.10. The minimum Gasteiger partial charge on any atom is -0.472 e. The van der Waals surface area contributed by atoms with Crippen LogP contribution in [0.3, 0.4) is 0 Å². The van der Waals surface area contributed by atoms with E-state index in [1.807, 2.05) is 22.4 Å². The summed E-state index contributed by atoms with van der Waals surface area (Å²) in [7, 11) is 0. The fourth-order valence-electron chi connectivity index (χ4n) is 2.61. The monoisotopic (exact) mass is 318 g/mol. The maximum absolute atomic E-state index is 12.3. The second-order valence-corrected chi connectivity index (χ2v) is 6.33. The second kappa shape index (κ2) is 6.79. The van der Waals surface area contributed by atoms with Gasteiger partial charge < -0.3 is 14.2 Å². The molecule has 0 unspecified atom stereocenters. The first-order valence-electron chi connectivity index (χ1n) is 7.35. The largest absolute Gasteiger partial charge is 0.472 e. The molecule has 22 heavy (non-hydrogen) atoms.